The van der Waals surface area contributed by atoms with Crippen molar-refractivity contribution in [3.63, 3.8) is 0 Å². The molecule has 2 atom stereocenters. The molecule has 0 saturated heterocycles. The molecular formula is C22H30N2O3S. The number of rotatable bonds is 7. The van der Waals surface area contributed by atoms with Gasteiger partial charge in [0.2, 0.25) is 15.9 Å². The molecule has 152 valence electrons. The first kappa shape index (κ1) is 22.0. The number of anilines is 1. The predicted molar refractivity (Wildman–Crippen MR) is 115 cm³/mol. The van der Waals surface area contributed by atoms with Gasteiger partial charge in [-0.1, -0.05) is 48.9 Å². The molecule has 0 saturated carbocycles. The number of amides is 1. The molecule has 0 aliphatic heterocycles. The summed E-state index contributed by atoms with van der Waals surface area (Å²) in [6, 6.07) is 12.6. The van der Waals surface area contributed by atoms with Crippen molar-refractivity contribution in [2.75, 3.05) is 10.6 Å². The zero-order valence-corrected chi connectivity index (χ0v) is 18.3. The maximum atomic E-state index is 13.0. The van der Waals surface area contributed by atoms with Crippen LogP contribution in [-0.4, -0.2) is 26.6 Å². The molecule has 1 N–H and O–H groups in total. The molecular weight excluding hydrogens is 372 g/mol. The molecule has 0 radical (unpaired) electrons. The first-order chi connectivity index (χ1) is 13.0. The van der Waals surface area contributed by atoms with Crippen molar-refractivity contribution in [3.05, 3.63) is 64.7 Å². The van der Waals surface area contributed by atoms with Gasteiger partial charge in [0, 0.05) is 0 Å². The zero-order valence-electron chi connectivity index (χ0n) is 17.5. The first-order valence-corrected chi connectivity index (χ1v) is 11.3. The fourth-order valence-corrected chi connectivity index (χ4v) is 4.47. The van der Waals surface area contributed by atoms with Gasteiger partial charge < -0.3 is 5.32 Å². The van der Waals surface area contributed by atoms with Crippen LogP contribution in [0.3, 0.4) is 0 Å². The Labute approximate surface area is 168 Å². The third-order valence-corrected chi connectivity index (χ3v) is 6.12. The van der Waals surface area contributed by atoms with Crippen LogP contribution in [0.2, 0.25) is 0 Å². The number of hydrogen-bond acceptors (Lipinski definition) is 3. The Hall–Kier alpha value is -2.34. The molecule has 2 aromatic carbocycles. The lowest BCUT2D eigenvalue weighted by atomic mass is 10.0. The summed E-state index contributed by atoms with van der Waals surface area (Å²) in [5, 5.41) is 3.01. The Morgan fingerprint density at radius 2 is 1.61 bits per heavy atom. The molecule has 28 heavy (non-hydrogen) atoms. The van der Waals surface area contributed by atoms with E-state index in [-0.39, 0.29) is 11.9 Å². The monoisotopic (exact) mass is 402 g/mol. The lowest BCUT2D eigenvalue weighted by molar-refractivity contribution is -0.122. The zero-order chi connectivity index (χ0) is 21.1. The van der Waals surface area contributed by atoms with Crippen LogP contribution >= 0.6 is 0 Å². The van der Waals surface area contributed by atoms with Crippen molar-refractivity contribution in [3.8, 4) is 0 Å². The molecule has 0 aromatic heterocycles. The van der Waals surface area contributed by atoms with E-state index in [9.17, 15) is 13.2 Å². The Balaban J connectivity index is 2.33. The van der Waals surface area contributed by atoms with Crippen LogP contribution < -0.4 is 9.62 Å². The topological polar surface area (TPSA) is 66.5 Å². The van der Waals surface area contributed by atoms with Crippen LogP contribution in [0, 0.1) is 20.8 Å². The van der Waals surface area contributed by atoms with Crippen molar-refractivity contribution in [1.82, 2.24) is 5.32 Å². The molecule has 0 aliphatic carbocycles. The fraction of sp³-hybridized carbons (Fsp3) is 0.409. The molecule has 0 spiro atoms. The second-order valence-corrected chi connectivity index (χ2v) is 9.26. The summed E-state index contributed by atoms with van der Waals surface area (Å²) in [7, 11) is -3.64. The van der Waals surface area contributed by atoms with Crippen molar-refractivity contribution < 1.29 is 13.2 Å². The van der Waals surface area contributed by atoms with Gasteiger partial charge >= 0.3 is 0 Å². The van der Waals surface area contributed by atoms with Crippen LogP contribution in [0.4, 0.5) is 5.69 Å². The average Bonchev–Trinajstić information content (AvgIpc) is 2.62. The van der Waals surface area contributed by atoms with Crippen molar-refractivity contribution in [2.24, 2.45) is 0 Å². The Kier molecular flexibility index (Phi) is 6.88. The SMILES string of the molecule is CC[C@H](NC(=O)[C@@H](C)N(c1cc(C)ccc1C)S(C)(=O)=O)c1ccc(C)cc1. The summed E-state index contributed by atoms with van der Waals surface area (Å²) in [6.45, 7) is 9.38. The van der Waals surface area contributed by atoms with Gasteiger partial charge in [0.1, 0.15) is 6.04 Å². The van der Waals surface area contributed by atoms with E-state index in [2.05, 4.69) is 5.32 Å². The quantitative estimate of drug-likeness (QED) is 0.760. The molecule has 0 bridgehead atoms. The largest absolute Gasteiger partial charge is 0.347 e. The highest BCUT2D eigenvalue weighted by Gasteiger charge is 2.31. The summed E-state index contributed by atoms with van der Waals surface area (Å²) in [5.74, 6) is -0.321. The predicted octanol–water partition coefficient (Wildman–Crippen LogP) is 4.03. The van der Waals surface area contributed by atoms with E-state index in [0.29, 0.717) is 12.1 Å². The van der Waals surface area contributed by atoms with E-state index < -0.39 is 16.1 Å². The smallest absolute Gasteiger partial charge is 0.244 e. The molecule has 5 nitrogen and oxygen atoms in total. The van der Waals surface area contributed by atoms with E-state index in [4.69, 9.17) is 0 Å². The van der Waals surface area contributed by atoms with Gasteiger partial charge in [0.25, 0.3) is 0 Å². The number of nitrogens with one attached hydrogen (secondary N) is 1. The Morgan fingerprint density at radius 1 is 1.04 bits per heavy atom. The van der Waals surface area contributed by atoms with E-state index in [1.165, 1.54) is 4.31 Å². The summed E-state index contributed by atoms with van der Waals surface area (Å²) in [4.78, 5) is 13.0. The highest BCUT2D eigenvalue weighted by atomic mass is 32.2. The summed E-state index contributed by atoms with van der Waals surface area (Å²) < 4.78 is 26.3. The fourth-order valence-electron chi connectivity index (χ4n) is 3.25. The standard InChI is InChI=1S/C22H30N2O3S/c1-7-20(19-12-9-15(2)10-13-19)23-22(25)18(5)24(28(6,26)27)21-14-16(3)8-11-17(21)4/h8-14,18,20H,7H2,1-6H3,(H,23,25)/t18-,20+/m1/s1. The number of carbonyl (C=O) groups is 1. The van der Waals surface area contributed by atoms with Gasteiger partial charge in [-0.25, -0.2) is 8.42 Å². The number of benzene rings is 2. The van der Waals surface area contributed by atoms with Crippen molar-refractivity contribution >= 4 is 21.6 Å². The Bertz CT molecular complexity index is 937. The number of nitrogens with zero attached hydrogens (tertiary/aromatic N) is 1. The van der Waals surface area contributed by atoms with E-state index in [1.807, 2.05) is 64.1 Å². The molecule has 1 amide bonds. The maximum absolute atomic E-state index is 13.0. The van der Waals surface area contributed by atoms with E-state index in [1.54, 1.807) is 13.0 Å². The normalized spacial score (nSPS) is 13.6. The van der Waals surface area contributed by atoms with E-state index in [0.717, 1.165) is 28.5 Å². The number of aryl methyl sites for hydroxylation is 3. The van der Waals surface area contributed by atoms with Crippen LogP contribution in [0.25, 0.3) is 0 Å². The van der Waals surface area contributed by atoms with Crippen LogP contribution in [-0.2, 0) is 14.8 Å². The highest BCUT2D eigenvalue weighted by molar-refractivity contribution is 7.92. The molecule has 0 fully saturated rings. The number of sulfonamides is 1. The minimum absolute atomic E-state index is 0.171. The van der Waals surface area contributed by atoms with Gasteiger partial charge in [-0.3, -0.25) is 9.10 Å². The first-order valence-electron chi connectivity index (χ1n) is 9.48. The maximum Gasteiger partial charge on any atom is 0.244 e. The van der Waals surface area contributed by atoms with Crippen molar-refractivity contribution in [1.29, 1.82) is 0 Å². The minimum Gasteiger partial charge on any atom is -0.347 e. The summed E-state index contributed by atoms with van der Waals surface area (Å²) in [5.41, 5.74) is 4.44. The second kappa shape index (κ2) is 8.78. The number of hydrogen-bond donors (Lipinski definition) is 1. The van der Waals surface area contributed by atoms with Gasteiger partial charge in [-0.05, 0) is 56.9 Å². The summed E-state index contributed by atoms with van der Waals surface area (Å²) in [6.07, 6.45) is 1.85. The highest BCUT2D eigenvalue weighted by Crippen LogP contribution is 2.27. The average molecular weight is 403 g/mol. The van der Waals surface area contributed by atoms with Gasteiger partial charge in [-0.15, -0.1) is 0 Å². The van der Waals surface area contributed by atoms with Crippen LogP contribution in [0.15, 0.2) is 42.5 Å². The second-order valence-electron chi connectivity index (χ2n) is 7.40. The molecule has 0 unspecified atom stereocenters. The molecule has 2 rings (SSSR count). The number of carbonyl (C=O) groups excluding carboxylic acids is 1. The van der Waals surface area contributed by atoms with Crippen LogP contribution in [0.5, 0.6) is 0 Å². The molecule has 2 aromatic rings. The van der Waals surface area contributed by atoms with Gasteiger partial charge in [0.15, 0.2) is 0 Å². The third kappa shape index (κ3) is 5.13. The van der Waals surface area contributed by atoms with Gasteiger partial charge in [-0.2, -0.15) is 0 Å². The summed E-state index contributed by atoms with van der Waals surface area (Å²) >= 11 is 0. The lowest BCUT2D eigenvalue weighted by Gasteiger charge is -2.31. The van der Waals surface area contributed by atoms with Crippen LogP contribution in [0.1, 0.15) is 48.6 Å². The minimum atomic E-state index is -3.64. The lowest BCUT2D eigenvalue weighted by Crippen LogP contribution is -2.48. The third-order valence-electron chi connectivity index (χ3n) is 4.90. The Morgan fingerprint density at radius 3 is 2.14 bits per heavy atom. The molecule has 6 heteroatoms. The van der Waals surface area contributed by atoms with Crippen molar-refractivity contribution in [2.45, 2.75) is 53.1 Å². The molecule has 0 aliphatic rings. The van der Waals surface area contributed by atoms with Gasteiger partial charge in [0.05, 0.1) is 18.0 Å². The molecule has 0 heterocycles. The van der Waals surface area contributed by atoms with E-state index >= 15 is 0 Å².